The fourth-order valence-corrected chi connectivity index (χ4v) is 6.08. The average Bonchev–Trinajstić information content (AvgIpc) is 2.04. The Balaban J connectivity index is 3.09. The predicted octanol–water partition coefficient (Wildman–Crippen LogP) is 1.61. The van der Waals surface area contributed by atoms with Crippen molar-refractivity contribution in [3.8, 4) is 0 Å². The average molecular weight is 190 g/mol. The SMILES string of the molecule is [CH3][Al]([CH3])[c]1cccc[c]1[Al]([CH3])[CH3]. The lowest BCUT2D eigenvalue weighted by atomic mass is 10.4. The first-order valence-electron chi connectivity index (χ1n) is 4.71. The molecule has 0 atom stereocenters. The van der Waals surface area contributed by atoms with Gasteiger partial charge in [0.05, 0.1) is 0 Å². The molecular formula is C10H16Al2. The van der Waals surface area contributed by atoms with Crippen LogP contribution in [0.1, 0.15) is 0 Å². The standard InChI is InChI=1S/C6H4.4CH3.2Al/c1-2-4-6-5-3-1;;;;;;/h1-4H;4*1H3;;. The predicted molar refractivity (Wildman–Crippen MR) is 60.7 cm³/mol. The number of hydrogen-bond donors (Lipinski definition) is 0. The fraction of sp³-hybridized carbons (Fsp3) is 0.400. The first-order chi connectivity index (χ1) is 5.63. The molecule has 0 unspecified atom stereocenters. The van der Waals surface area contributed by atoms with Gasteiger partial charge in [0.1, 0.15) is 0 Å². The highest BCUT2D eigenvalue weighted by Gasteiger charge is 2.14. The number of rotatable bonds is 2. The maximum atomic E-state index is 2.41. The lowest BCUT2D eigenvalue weighted by Crippen LogP contribution is -2.43. The Morgan fingerprint density at radius 3 is 1.33 bits per heavy atom. The largest absolute Gasteiger partial charge is 0.297 e. The first kappa shape index (κ1) is 10.4. The Kier molecular flexibility index (Phi) is 3.89. The highest BCUT2D eigenvalue weighted by atomic mass is 27.2. The van der Waals surface area contributed by atoms with E-state index in [1.807, 2.05) is 0 Å². The van der Waals surface area contributed by atoms with Gasteiger partial charge in [-0.05, 0) is 0 Å². The molecule has 1 aromatic rings. The quantitative estimate of drug-likeness (QED) is 0.621. The highest BCUT2D eigenvalue weighted by molar-refractivity contribution is 6.82. The molecule has 0 spiro atoms. The maximum absolute atomic E-state index is 2.41. The van der Waals surface area contributed by atoms with Crippen LogP contribution in [-0.2, 0) is 0 Å². The minimum atomic E-state index is -0.590. The molecule has 1 rings (SSSR count). The van der Waals surface area contributed by atoms with Crippen LogP contribution >= 0.6 is 0 Å². The van der Waals surface area contributed by atoms with Gasteiger partial charge in [-0.3, -0.25) is 0 Å². The molecule has 0 aromatic heterocycles. The first-order valence-corrected chi connectivity index (χ1v) is 10.5. The summed E-state index contributed by atoms with van der Waals surface area (Å²) in [6.45, 7) is 0. The van der Waals surface area contributed by atoms with Crippen LogP contribution in [0.4, 0.5) is 0 Å². The van der Waals surface area contributed by atoms with Crippen LogP contribution in [0.5, 0.6) is 0 Å². The smallest absolute Gasteiger partial charge is 0.123 e. The second-order valence-corrected chi connectivity index (χ2v) is 9.80. The van der Waals surface area contributed by atoms with Gasteiger partial charge < -0.3 is 0 Å². The third-order valence-electron chi connectivity index (χ3n) is 2.24. The van der Waals surface area contributed by atoms with E-state index in [1.165, 1.54) is 0 Å². The lowest BCUT2D eigenvalue weighted by Gasteiger charge is -2.10. The Hall–Kier alpha value is 0.285. The molecule has 12 heavy (non-hydrogen) atoms. The second kappa shape index (κ2) is 4.50. The van der Waals surface area contributed by atoms with E-state index in [0.29, 0.717) is 0 Å². The van der Waals surface area contributed by atoms with Crippen LogP contribution in [0.3, 0.4) is 0 Å². The van der Waals surface area contributed by atoms with Crippen LogP contribution < -0.4 is 8.85 Å². The summed E-state index contributed by atoms with van der Waals surface area (Å²) in [4.78, 5) is 0. The third-order valence-corrected chi connectivity index (χ3v) is 6.11. The molecule has 0 saturated carbocycles. The van der Waals surface area contributed by atoms with Crippen molar-refractivity contribution in [2.75, 3.05) is 0 Å². The molecule has 2 heteroatoms. The van der Waals surface area contributed by atoms with Crippen LogP contribution in [0.25, 0.3) is 0 Å². The van der Waals surface area contributed by atoms with E-state index in [2.05, 4.69) is 47.4 Å². The summed E-state index contributed by atoms with van der Waals surface area (Å²) in [7, 11) is 0. The number of hydrogen-bond acceptors (Lipinski definition) is 0. The summed E-state index contributed by atoms with van der Waals surface area (Å²) in [6, 6.07) is 9.03. The van der Waals surface area contributed by atoms with Crippen molar-refractivity contribution in [1.82, 2.24) is 0 Å². The fourth-order valence-electron chi connectivity index (χ4n) is 1.56. The van der Waals surface area contributed by atoms with Crippen LogP contribution in [0, 0.1) is 0 Å². The van der Waals surface area contributed by atoms with Crippen LogP contribution in [-0.4, -0.2) is 28.3 Å². The van der Waals surface area contributed by atoms with Crippen molar-refractivity contribution >= 4 is 37.1 Å². The van der Waals surface area contributed by atoms with E-state index in [0.717, 1.165) is 0 Å². The topological polar surface area (TPSA) is 0 Å². The van der Waals surface area contributed by atoms with Gasteiger partial charge in [-0.1, -0.05) is 24.3 Å². The summed E-state index contributed by atoms with van der Waals surface area (Å²) < 4.78 is 3.39. The Morgan fingerprint density at radius 1 is 0.750 bits per heavy atom. The van der Waals surface area contributed by atoms with E-state index < -0.39 is 28.3 Å². The van der Waals surface area contributed by atoms with E-state index in [9.17, 15) is 0 Å². The highest BCUT2D eigenvalue weighted by Crippen LogP contribution is 1.89. The van der Waals surface area contributed by atoms with Crippen molar-refractivity contribution in [3.63, 3.8) is 0 Å². The minimum absolute atomic E-state index is 0.590. The molecule has 0 heterocycles. The summed E-state index contributed by atoms with van der Waals surface area (Å²) in [6.07, 6.45) is 0. The molecule has 62 valence electrons. The lowest BCUT2D eigenvalue weighted by molar-refractivity contribution is 1.76. The molecule has 0 amide bonds. The van der Waals surface area contributed by atoms with Gasteiger partial charge in [0.15, 0.2) is 0 Å². The molecule has 0 aliphatic carbocycles. The molecular weight excluding hydrogens is 174 g/mol. The van der Waals surface area contributed by atoms with Gasteiger partial charge in [0.2, 0.25) is 0 Å². The normalized spacial score (nSPS) is 9.67. The van der Waals surface area contributed by atoms with E-state index in [4.69, 9.17) is 0 Å². The molecule has 0 aliphatic heterocycles. The molecule has 0 fully saturated rings. The van der Waals surface area contributed by atoms with E-state index >= 15 is 0 Å². The monoisotopic (exact) mass is 190 g/mol. The summed E-state index contributed by atoms with van der Waals surface area (Å²) >= 11 is -1.18. The van der Waals surface area contributed by atoms with Crippen molar-refractivity contribution in [2.45, 2.75) is 23.1 Å². The summed E-state index contributed by atoms with van der Waals surface area (Å²) in [5, 5.41) is 0. The second-order valence-electron chi connectivity index (χ2n) is 3.94. The van der Waals surface area contributed by atoms with Crippen molar-refractivity contribution < 1.29 is 0 Å². The molecule has 0 saturated heterocycles. The van der Waals surface area contributed by atoms with Gasteiger partial charge in [-0.25, -0.2) is 0 Å². The van der Waals surface area contributed by atoms with Gasteiger partial charge in [0.25, 0.3) is 28.3 Å². The van der Waals surface area contributed by atoms with E-state index in [1.54, 1.807) is 8.85 Å². The van der Waals surface area contributed by atoms with Gasteiger partial charge in [0, 0.05) is 0 Å². The molecule has 1 aromatic carbocycles. The van der Waals surface area contributed by atoms with Gasteiger partial charge in [-0.15, -0.1) is 32.0 Å². The Morgan fingerprint density at radius 2 is 1.08 bits per heavy atom. The van der Waals surface area contributed by atoms with Crippen LogP contribution in [0.15, 0.2) is 24.3 Å². The molecule has 0 N–H and O–H groups in total. The molecule has 0 aliphatic rings. The molecule has 0 bridgehead atoms. The summed E-state index contributed by atoms with van der Waals surface area (Å²) in [5.74, 6) is 9.65. The van der Waals surface area contributed by atoms with Crippen molar-refractivity contribution in [2.24, 2.45) is 0 Å². The zero-order chi connectivity index (χ0) is 9.14. The minimum Gasteiger partial charge on any atom is -0.123 e. The number of benzene rings is 1. The van der Waals surface area contributed by atoms with Crippen molar-refractivity contribution in [1.29, 1.82) is 0 Å². The van der Waals surface area contributed by atoms with E-state index in [-0.39, 0.29) is 0 Å². The zero-order valence-electron chi connectivity index (χ0n) is 8.46. The molecule has 0 radical (unpaired) electrons. The maximum Gasteiger partial charge on any atom is 0.297 e. The van der Waals surface area contributed by atoms with Crippen molar-refractivity contribution in [3.05, 3.63) is 24.3 Å². The van der Waals surface area contributed by atoms with Crippen LogP contribution in [0.2, 0.25) is 23.1 Å². The zero-order valence-corrected chi connectivity index (χ0v) is 10.8. The van der Waals surface area contributed by atoms with Gasteiger partial charge in [-0.2, -0.15) is 0 Å². The third kappa shape index (κ3) is 2.38. The summed E-state index contributed by atoms with van der Waals surface area (Å²) in [5.41, 5.74) is 0. The Labute approximate surface area is 84.4 Å². The molecule has 0 nitrogen and oxygen atoms in total. The van der Waals surface area contributed by atoms with Gasteiger partial charge >= 0.3 is 0 Å². The Bertz CT molecular complexity index is 227.